The van der Waals surface area contributed by atoms with Crippen molar-refractivity contribution in [2.24, 2.45) is 0 Å². The fraction of sp³-hybridized carbons (Fsp3) is 0.500. The quantitative estimate of drug-likeness (QED) is 0.605. The summed E-state index contributed by atoms with van der Waals surface area (Å²) in [6.45, 7) is 2.86. The molecule has 0 saturated heterocycles. The molecule has 116 valence electrons. The molecule has 0 radical (unpaired) electrons. The van der Waals surface area contributed by atoms with Gasteiger partial charge in [-0.2, -0.15) is 0 Å². The van der Waals surface area contributed by atoms with Crippen LogP contribution in [0.3, 0.4) is 0 Å². The molecule has 0 unspecified atom stereocenters. The number of sulfonamides is 1. The molecule has 0 atom stereocenters. The first-order valence-corrected chi connectivity index (χ1v) is 8.42. The van der Waals surface area contributed by atoms with Gasteiger partial charge in [-0.15, -0.1) is 0 Å². The molecule has 21 heavy (non-hydrogen) atoms. The van der Waals surface area contributed by atoms with Crippen LogP contribution in [0.15, 0.2) is 23.1 Å². The van der Waals surface area contributed by atoms with E-state index in [0.717, 1.165) is 17.7 Å². The maximum Gasteiger partial charge on any atom is 0.305 e. The molecule has 0 aliphatic carbocycles. The van der Waals surface area contributed by atoms with Gasteiger partial charge in [0.15, 0.2) is 0 Å². The Morgan fingerprint density at radius 3 is 3.00 bits per heavy atom. The second kappa shape index (κ2) is 6.91. The summed E-state index contributed by atoms with van der Waals surface area (Å²) in [5.41, 5.74) is 0.907. The standard InChI is InChI=1S/C14H19NO5S/c1-2-19-14(16)4-3-8-15-21(17,18)12-5-6-13-11(10-12)7-9-20-13/h5-6,10,15H,2-4,7-9H2,1H3. The monoisotopic (exact) mass is 313 g/mol. The maximum absolute atomic E-state index is 12.1. The van der Waals surface area contributed by atoms with Gasteiger partial charge in [-0.05, 0) is 37.1 Å². The van der Waals surface area contributed by atoms with E-state index >= 15 is 0 Å². The molecule has 0 aromatic heterocycles. The van der Waals surface area contributed by atoms with Crippen LogP contribution in [0.2, 0.25) is 0 Å². The van der Waals surface area contributed by atoms with Crippen LogP contribution in [-0.2, 0) is 26.0 Å². The van der Waals surface area contributed by atoms with E-state index in [-0.39, 0.29) is 23.8 Å². The highest BCUT2D eigenvalue weighted by Gasteiger charge is 2.18. The van der Waals surface area contributed by atoms with Crippen LogP contribution in [0.25, 0.3) is 0 Å². The number of rotatable bonds is 7. The second-order valence-corrected chi connectivity index (χ2v) is 6.44. The number of esters is 1. The molecule has 0 spiro atoms. The first kappa shape index (κ1) is 15.8. The predicted molar refractivity (Wildman–Crippen MR) is 76.7 cm³/mol. The van der Waals surface area contributed by atoms with Crippen molar-refractivity contribution >= 4 is 16.0 Å². The van der Waals surface area contributed by atoms with Crippen molar-refractivity contribution in [3.8, 4) is 5.75 Å². The van der Waals surface area contributed by atoms with Crippen LogP contribution in [0.5, 0.6) is 5.75 Å². The fourth-order valence-electron chi connectivity index (χ4n) is 2.09. The van der Waals surface area contributed by atoms with Gasteiger partial charge < -0.3 is 9.47 Å². The predicted octanol–water partition coefficient (Wildman–Crippen LogP) is 1.24. The van der Waals surface area contributed by atoms with E-state index in [1.165, 1.54) is 6.07 Å². The highest BCUT2D eigenvalue weighted by atomic mass is 32.2. The van der Waals surface area contributed by atoms with Crippen molar-refractivity contribution in [3.63, 3.8) is 0 Å². The van der Waals surface area contributed by atoms with Crippen molar-refractivity contribution in [1.82, 2.24) is 4.72 Å². The van der Waals surface area contributed by atoms with Crippen LogP contribution in [-0.4, -0.2) is 34.1 Å². The fourth-order valence-corrected chi connectivity index (χ4v) is 3.21. The largest absolute Gasteiger partial charge is 0.493 e. The van der Waals surface area contributed by atoms with Gasteiger partial charge in [0.05, 0.1) is 18.1 Å². The van der Waals surface area contributed by atoms with Crippen LogP contribution in [0.1, 0.15) is 25.3 Å². The van der Waals surface area contributed by atoms with Gasteiger partial charge in [-0.1, -0.05) is 0 Å². The van der Waals surface area contributed by atoms with Gasteiger partial charge in [0, 0.05) is 19.4 Å². The molecule has 6 nitrogen and oxygen atoms in total. The minimum absolute atomic E-state index is 0.203. The number of ether oxygens (including phenoxy) is 2. The molecular weight excluding hydrogens is 294 g/mol. The molecular formula is C14H19NO5S. The number of benzene rings is 1. The van der Waals surface area contributed by atoms with E-state index in [0.29, 0.717) is 19.6 Å². The smallest absolute Gasteiger partial charge is 0.305 e. The summed E-state index contributed by atoms with van der Waals surface area (Å²) in [5, 5.41) is 0. The third-order valence-electron chi connectivity index (χ3n) is 3.13. The summed E-state index contributed by atoms with van der Waals surface area (Å²) in [6.07, 6.45) is 1.34. The number of hydrogen-bond donors (Lipinski definition) is 1. The Kier molecular flexibility index (Phi) is 5.19. The van der Waals surface area contributed by atoms with Gasteiger partial charge >= 0.3 is 5.97 Å². The first-order valence-electron chi connectivity index (χ1n) is 6.94. The van der Waals surface area contributed by atoms with E-state index in [2.05, 4.69) is 4.72 Å². The van der Waals surface area contributed by atoms with Crippen molar-refractivity contribution in [2.75, 3.05) is 19.8 Å². The molecule has 1 N–H and O–H groups in total. The Morgan fingerprint density at radius 1 is 1.43 bits per heavy atom. The molecule has 1 aliphatic rings. The van der Waals surface area contributed by atoms with E-state index < -0.39 is 10.0 Å². The lowest BCUT2D eigenvalue weighted by molar-refractivity contribution is -0.143. The highest BCUT2D eigenvalue weighted by Crippen LogP contribution is 2.27. The van der Waals surface area contributed by atoms with Crippen LogP contribution in [0, 0.1) is 0 Å². The third kappa shape index (κ3) is 4.18. The van der Waals surface area contributed by atoms with Gasteiger partial charge in [-0.25, -0.2) is 13.1 Å². The van der Waals surface area contributed by atoms with Crippen molar-refractivity contribution in [2.45, 2.75) is 31.1 Å². The Bertz CT molecular complexity index is 612. The zero-order valence-electron chi connectivity index (χ0n) is 11.9. The van der Waals surface area contributed by atoms with Crippen LogP contribution < -0.4 is 9.46 Å². The lowest BCUT2D eigenvalue weighted by Crippen LogP contribution is -2.25. The second-order valence-electron chi connectivity index (χ2n) is 4.67. The first-order chi connectivity index (χ1) is 10.0. The molecule has 0 bridgehead atoms. The molecule has 0 amide bonds. The zero-order valence-corrected chi connectivity index (χ0v) is 12.7. The van der Waals surface area contributed by atoms with E-state index in [1.54, 1.807) is 19.1 Å². The summed E-state index contributed by atoms with van der Waals surface area (Å²) in [7, 11) is -3.55. The highest BCUT2D eigenvalue weighted by molar-refractivity contribution is 7.89. The van der Waals surface area contributed by atoms with Gasteiger partial charge in [-0.3, -0.25) is 4.79 Å². The van der Waals surface area contributed by atoms with E-state index in [9.17, 15) is 13.2 Å². The van der Waals surface area contributed by atoms with Crippen molar-refractivity contribution in [3.05, 3.63) is 23.8 Å². The van der Waals surface area contributed by atoms with Crippen LogP contribution >= 0.6 is 0 Å². The summed E-state index contributed by atoms with van der Waals surface area (Å²) in [6, 6.07) is 4.84. The summed E-state index contributed by atoms with van der Waals surface area (Å²) >= 11 is 0. The summed E-state index contributed by atoms with van der Waals surface area (Å²) in [4.78, 5) is 11.4. The maximum atomic E-state index is 12.1. The zero-order chi connectivity index (χ0) is 15.3. The number of carbonyl (C=O) groups excluding carboxylic acids is 1. The average molecular weight is 313 g/mol. The van der Waals surface area contributed by atoms with E-state index in [1.807, 2.05) is 0 Å². The average Bonchev–Trinajstić information content (AvgIpc) is 2.91. The lowest BCUT2D eigenvalue weighted by Gasteiger charge is -2.08. The number of hydrogen-bond acceptors (Lipinski definition) is 5. The Balaban J connectivity index is 1.89. The minimum atomic E-state index is -3.55. The Hall–Kier alpha value is -1.60. The molecule has 0 fully saturated rings. The topological polar surface area (TPSA) is 81.7 Å². The Labute approximate surface area is 124 Å². The molecule has 1 aliphatic heterocycles. The van der Waals surface area contributed by atoms with Gasteiger partial charge in [0.1, 0.15) is 5.75 Å². The third-order valence-corrected chi connectivity index (χ3v) is 4.59. The molecule has 1 aromatic rings. The normalized spacial score (nSPS) is 13.6. The number of carbonyl (C=O) groups is 1. The van der Waals surface area contributed by atoms with Crippen molar-refractivity contribution in [1.29, 1.82) is 0 Å². The van der Waals surface area contributed by atoms with Gasteiger partial charge in [0.2, 0.25) is 10.0 Å². The minimum Gasteiger partial charge on any atom is -0.493 e. The van der Waals surface area contributed by atoms with E-state index in [4.69, 9.17) is 9.47 Å². The molecule has 2 rings (SSSR count). The summed E-state index contributed by atoms with van der Waals surface area (Å²) < 4.78 is 36.9. The van der Waals surface area contributed by atoms with Gasteiger partial charge in [0.25, 0.3) is 0 Å². The SMILES string of the molecule is CCOC(=O)CCCNS(=O)(=O)c1ccc2c(c1)CCO2. The summed E-state index contributed by atoms with van der Waals surface area (Å²) in [5.74, 6) is 0.433. The molecule has 7 heteroatoms. The molecule has 1 heterocycles. The van der Waals surface area contributed by atoms with Crippen LogP contribution in [0.4, 0.5) is 0 Å². The number of nitrogens with one attached hydrogen (secondary N) is 1. The number of fused-ring (bicyclic) bond motifs is 1. The Morgan fingerprint density at radius 2 is 2.24 bits per heavy atom. The molecule has 0 saturated carbocycles. The lowest BCUT2D eigenvalue weighted by atomic mass is 10.2. The van der Waals surface area contributed by atoms with Crippen molar-refractivity contribution < 1.29 is 22.7 Å². The molecule has 1 aromatic carbocycles.